The molecule has 0 aromatic carbocycles. The Morgan fingerprint density at radius 3 is 2.82 bits per heavy atom. The van der Waals surface area contributed by atoms with Gasteiger partial charge in [0.15, 0.2) is 11.7 Å². The second-order valence-electron chi connectivity index (χ2n) is 5.05. The van der Waals surface area contributed by atoms with Crippen LogP contribution in [-0.4, -0.2) is 24.7 Å². The van der Waals surface area contributed by atoms with Gasteiger partial charge >= 0.3 is 0 Å². The molecule has 7 heteroatoms. The van der Waals surface area contributed by atoms with Crippen LogP contribution in [0.25, 0.3) is 0 Å². The van der Waals surface area contributed by atoms with E-state index in [2.05, 4.69) is 52.1 Å². The summed E-state index contributed by atoms with van der Waals surface area (Å²) in [5.41, 5.74) is 0.979. The number of aliphatic imine (C=N–C) groups is 1. The third-order valence-corrected chi connectivity index (χ3v) is 4.00. The van der Waals surface area contributed by atoms with Crippen LogP contribution in [-0.2, 0) is 13.0 Å². The SMILES string of the molecule is CN=C(NCCc1cccs1)NCc1cc(C(C)C)no1.I. The van der Waals surface area contributed by atoms with Crippen molar-refractivity contribution in [3.63, 3.8) is 0 Å². The topological polar surface area (TPSA) is 62.5 Å². The van der Waals surface area contributed by atoms with E-state index in [9.17, 15) is 0 Å². The van der Waals surface area contributed by atoms with Crippen molar-refractivity contribution in [2.24, 2.45) is 4.99 Å². The highest BCUT2D eigenvalue weighted by molar-refractivity contribution is 14.0. The van der Waals surface area contributed by atoms with E-state index in [1.54, 1.807) is 18.4 Å². The molecule has 2 N–H and O–H groups in total. The van der Waals surface area contributed by atoms with E-state index in [1.807, 2.05) is 6.07 Å². The number of rotatable bonds is 6. The Balaban J connectivity index is 0.00000242. The molecule has 5 nitrogen and oxygen atoms in total. The lowest BCUT2D eigenvalue weighted by Crippen LogP contribution is -2.37. The predicted molar refractivity (Wildman–Crippen MR) is 102 cm³/mol. The highest BCUT2D eigenvalue weighted by Crippen LogP contribution is 2.13. The Kier molecular flexibility index (Phi) is 8.47. The summed E-state index contributed by atoms with van der Waals surface area (Å²) in [6.07, 6.45) is 0.998. The number of guanidine groups is 1. The summed E-state index contributed by atoms with van der Waals surface area (Å²) in [5, 5.41) is 12.7. The van der Waals surface area contributed by atoms with Crippen LogP contribution in [0.2, 0.25) is 0 Å². The molecule has 0 unspecified atom stereocenters. The van der Waals surface area contributed by atoms with Crippen molar-refractivity contribution < 1.29 is 4.52 Å². The number of halogens is 1. The Hall–Kier alpha value is -1.09. The molecule has 2 aromatic rings. The van der Waals surface area contributed by atoms with Gasteiger partial charge in [-0.15, -0.1) is 35.3 Å². The zero-order valence-corrected chi connectivity index (χ0v) is 16.3. The van der Waals surface area contributed by atoms with Crippen molar-refractivity contribution in [1.82, 2.24) is 15.8 Å². The van der Waals surface area contributed by atoms with Gasteiger partial charge in [-0.25, -0.2) is 0 Å². The molecule has 0 aliphatic heterocycles. The fourth-order valence-electron chi connectivity index (χ4n) is 1.83. The smallest absolute Gasteiger partial charge is 0.191 e. The van der Waals surface area contributed by atoms with E-state index in [-0.39, 0.29) is 24.0 Å². The van der Waals surface area contributed by atoms with Gasteiger partial charge in [-0.3, -0.25) is 4.99 Å². The summed E-state index contributed by atoms with van der Waals surface area (Å²) >= 11 is 1.77. The summed E-state index contributed by atoms with van der Waals surface area (Å²) in [6, 6.07) is 6.20. The monoisotopic (exact) mass is 434 g/mol. The van der Waals surface area contributed by atoms with Gasteiger partial charge in [0, 0.05) is 24.5 Å². The fourth-order valence-corrected chi connectivity index (χ4v) is 2.54. The van der Waals surface area contributed by atoms with Crippen molar-refractivity contribution in [3.05, 3.63) is 39.9 Å². The first-order chi connectivity index (χ1) is 10.2. The highest BCUT2D eigenvalue weighted by atomic mass is 127. The summed E-state index contributed by atoms with van der Waals surface area (Å²) in [7, 11) is 1.76. The molecule has 0 saturated carbocycles. The standard InChI is InChI=1S/C15H22N4OS.HI/c1-11(2)14-9-12(20-19-14)10-18-15(16-3)17-7-6-13-5-4-8-21-13;/h4-5,8-9,11H,6-7,10H2,1-3H3,(H2,16,17,18);1H. The Bertz CT molecular complexity index is 566. The molecule has 0 aliphatic rings. The molecule has 2 rings (SSSR count). The first kappa shape index (κ1) is 19.0. The number of hydrogen-bond donors (Lipinski definition) is 2. The van der Waals surface area contributed by atoms with Crippen LogP contribution in [0.3, 0.4) is 0 Å². The molecule has 22 heavy (non-hydrogen) atoms. The van der Waals surface area contributed by atoms with Gasteiger partial charge in [0.25, 0.3) is 0 Å². The average Bonchev–Trinajstić information content (AvgIpc) is 3.13. The predicted octanol–water partition coefficient (Wildman–Crippen LogP) is 3.39. The van der Waals surface area contributed by atoms with Gasteiger partial charge in [-0.1, -0.05) is 25.1 Å². The molecule has 0 saturated heterocycles. The maximum atomic E-state index is 5.29. The van der Waals surface area contributed by atoms with Crippen molar-refractivity contribution in [3.8, 4) is 0 Å². The van der Waals surface area contributed by atoms with Crippen LogP contribution in [0.5, 0.6) is 0 Å². The van der Waals surface area contributed by atoms with Gasteiger partial charge in [0.05, 0.1) is 12.2 Å². The third kappa shape index (κ3) is 5.96. The normalized spacial score (nSPS) is 11.4. The number of nitrogens with zero attached hydrogens (tertiary/aromatic N) is 2. The Morgan fingerprint density at radius 1 is 1.41 bits per heavy atom. The lowest BCUT2D eigenvalue weighted by Gasteiger charge is -2.09. The molecule has 2 aromatic heterocycles. The van der Waals surface area contributed by atoms with Crippen LogP contribution >= 0.6 is 35.3 Å². The summed E-state index contributed by atoms with van der Waals surface area (Å²) < 4.78 is 5.29. The van der Waals surface area contributed by atoms with Crippen LogP contribution in [0, 0.1) is 0 Å². The molecule has 0 aliphatic carbocycles. The van der Waals surface area contributed by atoms with Crippen LogP contribution in [0.15, 0.2) is 33.1 Å². The number of thiophene rings is 1. The number of nitrogens with one attached hydrogen (secondary N) is 2. The molecule has 2 heterocycles. The first-order valence-corrected chi connectivity index (χ1v) is 7.99. The summed E-state index contributed by atoms with van der Waals surface area (Å²) in [6.45, 7) is 5.63. The maximum Gasteiger partial charge on any atom is 0.191 e. The molecule has 0 fully saturated rings. The van der Waals surface area contributed by atoms with Gasteiger partial charge in [0.1, 0.15) is 0 Å². The van der Waals surface area contributed by atoms with Crippen molar-refractivity contribution in [2.75, 3.05) is 13.6 Å². The molecule has 0 atom stereocenters. The largest absolute Gasteiger partial charge is 0.359 e. The van der Waals surface area contributed by atoms with Crippen molar-refractivity contribution in [2.45, 2.75) is 32.7 Å². The molecule has 0 amide bonds. The number of aromatic nitrogens is 1. The quantitative estimate of drug-likeness (QED) is 0.416. The van der Waals surface area contributed by atoms with Crippen molar-refractivity contribution >= 4 is 41.3 Å². The summed E-state index contributed by atoms with van der Waals surface area (Å²) in [4.78, 5) is 5.57. The molecule has 0 spiro atoms. The third-order valence-electron chi connectivity index (χ3n) is 3.07. The van der Waals surface area contributed by atoms with Gasteiger partial charge < -0.3 is 15.2 Å². The molecule has 0 bridgehead atoms. The maximum absolute atomic E-state index is 5.29. The highest BCUT2D eigenvalue weighted by Gasteiger charge is 2.08. The average molecular weight is 434 g/mol. The zero-order chi connectivity index (χ0) is 15.1. The fraction of sp³-hybridized carbons (Fsp3) is 0.467. The van der Waals surface area contributed by atoms with E-state index < -0.39 is 0 Å². The second kappa shape index (κ2) is 9.83. The van der Waals surface area contributed by atoms with Crippen LogP contribution < -0.4 is 10.6 Å². The van der Waals surface area contributed by atoms with E-state index in [1.165, 1.54) is 4.88 Å². The van der Waals surface area contributed by atoms with E-state index >= 15 is 0 Å². The van der Waals surface area contributed by atoms with Crippen LogP contribution in [0.4, 0.5) is 0 Å². The first-order valence-electron chi connectivity index (χ1n) is 7.11. The van der Waals surface area contributed by atoms with E-state index in [0.717, 1.165) is 30.4 Å². The van der Waals surface area contributed by atoms with Gasteiger partial charge in [-0.2, -0.15) is 0 Å². The van der Waals surface area contributed by atoms with E-state index in [4.69, 9.17) is 4.52 Å². The molecular weight excluding hydrogens is 411 g/mol. The minimum absolute atomic E-state index is 0. The molecule has 122 valence electrons. The summed E-state index contributed by atoms with van der Waals surface area (Å²) in [5.74, 6) is 1.97. The molecule has 0 radical (unpaired) electrons. The molecular formula is C15H23IN4OS. The van der Waals surface area contributed by atoms with Crippen molar-refractivity contribution in [1.29, 1.82) is 0 Å². The van der Waals surface area contributed by atoms with E-state index in [0.29, 0.717) is 12.5 Å². The lowest BCUT2D eigenvalue weighted by molar-refractivity contribution is 0.372. The van der Waals surface area contributed by atoms with Gasteiger partial charge in [-0.05, 0) is 23.8 Å². The number of hydrogen-bond acceptors (Lipinski definition) is 4. The minimum atomic E-state index is 0. The minimum Gasteiger partial charge on any atom is -0.359 e. The van der Waals surface area contributed by atoms with Crippen LogP contribution in [0.1, 0.15) is 36.1 Å². The van der Waals surface area contributed by atoms with Gasteiger partial charge in [0.2, 0.25) is 0 Å². The Labute approximate surface area is 152 Å². The zero-order valence-electron chi connectivity index (χ0n) is 13.1. The Morgan fingerprint density at radius 2 is 2.23 bits per heavy atom. The second-order valence-corrected chi connectivity index (χ2v) is 6.09. The lowest BCUT2D eigenvalue weighted by atomic mass is 10.1.